The summed E-state index contributed by atoms with van der Waals surface area (Å²) in [5.41, 5.74) is 6.96. The molecule has 4 rings (SSSR count). The van der Waals surface area contributed by atoms with Crippen LogP contribution in [0.2, 0.25) is 0 Å². The lowest BCUT2D eigenvalue weighted by Crippen LogP contribution is -2.34. The molecular formula is C27H31BrN8O2. The van der Waals surface area contributed by atoms with E-state index in [-0.39, 0.29) is 6.61 Å². The minimum absolute atomic E-state index is 0.0833. The number of aryl methyl sites for hydroxylation is 1. The third-order valence-corrected chi connectivity index (χ3v) is 7.04. The third-order valence-electron chi connectivity index (χ3n) is 6.45. The van der Waals surface area contributed by atoms with Crippen LogP contribution in [0.1, 0.15) is 36.5 Å². The van der Waals surface area contributed by atoms with E-state index in [0.29, 0.717) is 39.7 Å². The number of aromatic nitrogens is 3. The molecular weight excluding hydrogens is 548 g/mol. The van der Waals surface area contributed by atoms with Crippen molar-refractivity contribution < 1.29 is 9.47 Å². The van der Waals surface area contributed by atoms with Gasteiger partial charge >= 0.3 is 0 Å². The number of rotatable bonds is 9. The lowest BCUT2D eigenvalue weighted by atomic mass is 10.00. The zero-order valence-electron chi connectivity index (χ0n) is 22.0. The Morgan fingerprint density at radius 1 is 1.18 bits per heavy atom. The maximum Gasteiger partial charge on any atom is 0.250 e. The van der Waals surface area contributed by atoms with E-state index in [1.165, 1.54) is 5.56 Å². The molecule has 2 heterocycles. The van der Waals surface area contributed by atoms with Gasteiger partial charge < -0.3 is 19.7 Å². The molecule has 0 saturated carbocycles. The number of hydrogen-bond acceptors (Lipinski definition) is 10. The standard InChI is InChI=1S/C27H31BrN8O2/c1-17-8-11-36(12-9-17)27-33-25(31-22-7-5-6-18(2)19(22)3)32-26(34-27)35-30-16-20-14-21(28)24(38-13-10-29)23(15-20)37-4/h5-7,14-17H,8-9,11-13H2,1-4H3,(H2,31,32,33,34,35)/b30-16-. The van der Waals surface area contributed by atoms with Gasteiger partial charge in [0.2, 0.25) is 17.8 Å². The summed E-state index contributed by atoms with van der Waals surface area (Å²) in [6.07, 6.45) is 3.82. The monoisotopic (exact) mass is 578 g/mol. The van der Waals surface area contributed by atoms with Crippen molar-refractivity contribution in [2.24, 2.45) is 11.0 Å². The topological polar surface area (TPSA) is 121 Å². The number of methoxy groups -OCH3 is 1. The van der Waals surface area contributed by atoms with Crippen molar-refractivity contribution in [1.29, 1.82) is 5.26 Å². The lowest BCUT2D eigenvalue weighted by molar-refractivity contribution is 0.327. The Labute approximate surface area is 231 Å². The number of nitriles is 1. The summed E-state index contributed by atoms with van der Waals surface area (Å²) < 4.78 is 11.5. The lowest BCUT2D eigenvalue weighted by Gasteiger charge is -2.30. The summed E-state index contributed by atoms with van der Waals surface area (Å²) >= 11 is 3.47. The van der Waals surface area contributed by atoms with Crippen LogP contribution in [0.5, 0.6) is 11.5 Å². The molecule has 1 fully saturated rings. The maximum absolute atomic E-state index is 8.82. The van der Waals surface area contributed by atoms with E-state index in [4.69, 9.17) is 19.7 Å². The Bertz CT molecular complexity index is 1350. The fraction of sp³-hybridized carbons (Fsp3) is 0.370. The Balaban J connectivity index is 1.59. The van der Waals surface area contributed by atoms with E-state index in [1.807, 2.05) is 24.3 Å². The van der Waals surface area contributed by atoms with Gasteiger partial charge in [-0.25, -0.2) is 5.43 Å². The number of piperidine rings is 1. The summed E-state index contributed by atoms with van der Waals surface area (Å²) in [5.74, 6) is 3.02. The van der Waals surface area contributed by atoms with Gasteiger partial charge in [-0.05, 0) is 83.4 Å². The van der Waals surface area contributed by atoms with E-state index in [0.717, 1.165) is 42.7 Å². The minimum atomic E-state index is -0.0833. The predicted molar refractivity (Wildman–Crippen MR) is 153 cm³/mol. The molecule has 0 amide bonds. The fourth-order valence-corrected chi connectivity index (χ4v) is 4.63. The Morgan fingerprint density at radius 2 is 1.95 bits per heavy atom. The first kappa shape index (κ1) is 27.1. The quantitative estimate of drug-likeness (QED) is 0.247. The van der Waals surface area contributed by atoms with E-state index in [9.17, 15) is 0 Å². The molecule has 11 heteroatoms. The highest BCUT2D eigenvalue weighted by Crippen LogP contribution is 2.36. The fourth-order valence-electron chi connectivity index (χ4n) is 4.05. The second kappa shape index (κ2) is 12.6. The van der Waals surface area contributed by atoms with Gasteiger partial charge in [0.15, 0.2) is 18.1 Å². The second-order valence-electron chi connectivity index (χ2n) is 9.18. The highest BCUT2D eigenvalue weighted by molar-refractivity contribution is 9.10. The van der Waals surface area contributed by atoms with Crippen molar-refractivity contribution in [1.82, 2.24) is 15.0 Å². The third kappa shape index (κ3) is 6.69. The molecule has 2 aromatic carbocycles. The summed E-state index contributed by atoms with van der Waals surface area (Å²) in [5, 5.41) is 16.5. The van der Waals surface area contributed by atoms with Crippen molar-refractivity contribution in [3.8, 4) is 17.6 Å². The van der Waals surface area contributed by atoms with E-state index >= 15 is 0 Å². The average Bonchev–Trinajstić information content (AvgIpc) is 2.91. The molecule has 0 unspecified atom stereocenters. The number of hydrogen-bond donors (Lipinski definition) is 2. The molecule has 1 aliphatic rings. The number of ether oxygens (including phenoxy) is 2. The molecule has 0 atom stereocenters. The van der Waals surface area contributed by atoms with Gasteiger partial charge in [-0.2, -0.15) is 25.3 Å². The van der Waals surface area contributed by atoms with Crippen LogP contribution < -0.4 is 25.1 Å². The average molecular weight is 580 g/mol. The van der Waals surface area contributed by atoms with Gasteiger partial charge in [-0.15, -0.1) is 0 Å². The molecule has 1 aliphatic heterocycles. The van der Waals surface area contributed by atoms with Crippen molar-refractivity contribution in [3.63, 3.8) is 0 Å². The first-order valence-corrected chi connectivity index (χ1v) is 13.2. The van der Waals surface area contributed by atoms with E-state index in [2.05, 4.69) is 73.5 Å². The number of anilines is 4. The molecule has 1 aromatic heterocycles. The highest BCUT2D eigenvalue weighted by Gasteiger charge is 2.20. The number of hydrazone groups is 1. The summed E-state index contributed by atoms with van der Waals surface area (Å²) in [7, 11) is 1.54. The minimum Gasteiger partial charge on any atom is -0.493 e. The Kier molecular flexibility index (Phi) is 8.97. The summed E-state index contributed by atoms with van der Waals surface area (Å²) in [6, 6.07) is 11.6. The summed E-state index contributed by atoms with van der Waals surface area (Å²) in [4.78, 5) is 16.1. The van der Waals surface area contributed by atoms with Gasteiger partial charge in [0.1, 0.15) is 6.07 Å². The molecule has 10 nitrogen and oxygen atoms in total. The van der Waals surface area contributed by atoms with Gasteiger partial charge in [0, 0.05) is 18.8 Å². The van der Waals surface area contributed by atoms with Crippen LogP contribution in [0.15, 0.2) is 39.9 Å². The second-order valence-corrected chi connectivity index (χ2v) is 10.0. The number of nitrogens with one attached hydrogen (secondary N) is 2. The maximum atomic E-state index is 8.82. The van der Waals surface area contributed by atoms with Crippen LogP contribution in [-0.4, -0.2) is 48.0 Å². The van der Waals surface area contributed by atoms with Crippen LogP contribution in [0.3, 0.4) is 0 Å². The SMILES string of the molecule is COc1cc(/C=N\Nc2nc(Nc3cccc(C)c3C)nc(N3CCC(C)CC3)n2)cc(Br)c1OCC#N. The van der Waals surface area contributed by atoms with Crippen LogP contribution in [0.25, 0.3) is 0 Å². The van der Waals surface area contributed by atoms with Crippen LogP contribution in [0.4, 0.5) is 23.5 Å². The molecule has 1 saturated heterocycles. The van der Waals surface area contributed by atoms with Gasteiger partial charge in [-0.3, -0.25) is 0 Å². The zero-order chi connectivity index (χ0) is 27.1. The van der Waals surface area contributed by atoms with Gasteiger partial charge in [0.25, 0.3) is 0 Å². The van der Waals surface area contributed by atoms with Crippen molar-refractivity contribution in [2.75, 3.05) is 42.4 Å². The van der Waals surface area contributed by atoms with Crippen molar-refractivity contribution in [2.45, 2.75) is 33.6 Å². The number of halogens is 1. The summed E-state index contributed by atoms with van der Waals surface area (Å²) in [6.45, 7) is 8.12. The number of benzene rings is 2. The van der Waals surface area contributed by atoms with Crippen LogP contribution in [-0.2, 0) is 0 Å². The van der Waals surface area contributed by atoms with Gasteiger partial charge in [-0.1, -0.05) is 19.1 Å². The first-order chi connectivity index (χ1) is 18.4. The Morgan fingerprint density at radius 3 is 2.68 bits per heavy atom. The molecule has 0 aliphatic carbocycles. The largest absolute Gasteiger partial charge is 0.493 e. The van der Waals surface area contributed by atoms with E-state index < -0.39 is 0 Å². The first-order valence-electron chi connectivity index (χ1n) is 12.4. The van der Waals surface area contributed by atoms with Crippen LogP contribution >= 0.6 is 15.9 Å². The smallest absolute Gasteiger partial charge is 0.250 e. The predicted octanol–water partition coefficient (Wildman–Crippen LogP) is 5.59. The molecule has 0 radical (unpaired) electrons. The van der Waals surface area contributed by atoms with Gasteiger partial charge in [0.05, 0.1) is 17.8 Å². The van der Waals surface area contributed by atoms with Crippen molar-refractivity contribution in [3.05, 3.63) is 51.5 Å². The Hall–Kier alpha value is -3.91. The van der Waals surface area contributed by atoms with Crippen molar-refractivity contribution >= 4 is 45.7 Å². The number of nitrogens with zero attached hydrogens (tertiary/aromatic N) is 6. The molecule has 3 aromatic rings. The van der Waals surface area contributed by atoms with Crippen LogP contribution in [0, 0.1) is 31.1 Å². The molecule has 0 bridgehead atoms. The van der Waals surface area contributed by atoms with E-state index in [1.54, 1.807) is 19.4 Å². The zero-order valence-corrected chi connectivity index (χ0v) is 23.5. The highest BCUT2D eigenvalue weighted by atomic mass is 79.9. The molecule has 198 valence electrons. The normalized spacial score (nSPS) is 13.8. The molecule has 0 spiro atoms. The molecule has 2 N–H and O–H groups in total. The molecule has 38 heavy (non-hydrogen) atoms.